The molecular formula is C67H44N2. The fourth-order valence-electron chi connectivity index (χ4n) is 11.8. The summed E-state index contributed by atoms with van der Waals surface area (Å²) < 4.78 is 0. The zero-order chi connectivity index (χ0) is 45.5. The van der Waals surface area contributed by atoms with Crippen LogP contribution in [0.25, 0.3) is 65.7 Å². The largest absolute Gasteiger partial charge is 0.310 e. The number of hydrogen-bond donors (Lipinski definition) is 0. The molecule has 0 saturated heterocycles. The lowest BCUT2D eigenvalue weighted by atomic mass is 9.70. The fourth-order valence-corrected chi connectivity index (χ4v) is 11.8. The summed E-state index contributed by atoms with van der Waals surface area (Å²) in [5.74, 6) is 0. The summed E-state index contributed by atoms with van der Waals surface area (Å²) in [5, 5.41) is 7.31. The van der Waals surface area contributed by atoms with E-state index in [1.165, 1.54) is 88.0 Å². The molecule has 0 heterocycles. The molecule has 12 aromatic rings. The van der Waals surface area contributed by atoms with Crippen molar-refractivity contribution in [3.8, 4) is 33.4 Å². The van der Waals surface area contributed by atoms with Crippen LogP contribution in [0.1, 0.15) is 22.3 Å². The molecule has 12 aromatic carbocycles. The minimum Gasteiger partial charge on any atom is -0.310 e. The number of rotatable bonds is 7. The smallest absolute Gasteiger partial charge is 0.0727 e. The van der Waals surface area contributed by atoms with E-state index >= 15 is 0 Å². The molecule has 2 aliphatic carbocycles. The number of benzene rings is 12. The number of para-hydroxylation sites is 1. The van der Waals surface area contributed by atoms with E-state index in [-0.39, 0.29) is 0 Å². The molecule has 2 heteroatoms. The molecule has 69 heavy (non-hydrogen) atoms. The molecule has 0 radical (unpaired) electrons. The Balaban J connectivity index is 1.03. The lowest BCUT2D eigenvalue weighted by Gasteiger charge is -2.34. The van der Waals surface area contributed by atoms with Crippen molar-refractivity contribution in [3.05, 3.63) is 289 Å². The Morgan fingerprint density at radius 2 is 0.667 bits per heavy atom. The molecule has 0 aromatic heterocycles. The molecule has 0 bridgehead atoms. The maximum absolute atomic E-state index is 2.51. The van der Waals surface area contributed by atoms with E-state index in [1.54, 1.807) is 0 Å². The van der Waals surface area contributed by atoms with Crippen molar-refractivity contribution < 1.29 is 0 Å². The first-order valence-corrected chi connectivity index (χ1v) is 23.9. The Bertz CT molecular complexity index is 3890. The van der Waals surface area contributed by atoms with Gasteiger partial charge in [-0.3, -0.25) is 0 Å². The highest BCUT2D eigenvalue weighted by Gasteiger charge is 2.52. The Morgan fingerprint density at radius 1 is 0.246 bits per heavy atom. The van der Waals surface area contributed by atoms with Gasteiger partial charge in [-0.2, -0.15) is 0 Å². The molecule has 2 nitrogen and oxygen atoms in total. The fraction of sp³-hybridized carbons (Fsp3) is 0.0149. The number of fused-ring (bicyclic) bond motifs is 13. The van der Waals surface area contributed by atoms with E-state index in [4.69, 9.17) is 0 Å². The van der Waals surface area contributed by atoms with Crippen molar-refractivity contribution in [2.45, 2.75) is 5.41 Å². The van der Waals surface area contributed by atoms with Crippen LogP contribution in [0.15, 0.2) is 267 Å². The molecule has 0 aliphatic heterocycles. The van der Waals surface area contributed by atoms with E-state index < -0.39 is 5.41 Å². The molecule has 1 unspecified atom stereocenters. The average molecular weight is 877 g/mol. The van der Waals surface area contributed by atoms with Gasteiger partial charge in [-0.25, -0.2) is 0 Å². The molecule has 0 N–H and O–H groups in total. The van der Waals surface area contributed by atoms with Gasteiger partial charge in [0.15, 0.2) is 0 Å². The van der Waals surface area contributed by atoms with Gasteiger partial charge >= 0.3 is 0 Å². The van der Waals surface area contributed by atoms with Gasteiger partial charge in [0.1, 0.15) is 0 Å². The second-order valence-electron chi connectivity index (χ2n) is 18.4. The first-order valence-electron chi connectivity index (χ1n) is 23.9. The summed E-state index contributed by atoms with van der Waals surface area (Å²) in [6.07, 6.45) is 0. The number of hydrogen-bond acceptors (Lipinski definition) is 2. The van der Waals surface area contributed by atoms with Gasteiger partial charge in [-0.1, -0.05) is 200 Å². The third-order valence-corrected chi connectivity index (χ3v) is 14.8. The highest BCUT2D eigenvalue weighted by atomic mass is 15.1. The van der Waals surface area contributed by atoms with E-state index in [0.717, 1.165) is 34.1 Å². The third-order valence-electron chi connectivity index (χ3n) is 14.8. The molecular weight excluding hydrogens is 833 g/mol. The van der Waals surface area contributed by atoms with Crippen molar-refractivity contribution >= 4 is 66.4 Å². The highest BCUT2D eigenvalue weighted by molar-refractivity contribution is 6.06. The van der Waals surface area contributed by atoms with Crippen LogP contribution in [-0.2, 0) is 5.41 Å². The second-order valence-corrected chi connectivity index (χ2v) is 18.4. The van der Waals surface area contributed by atoms with Crippen molar-refractivity contribution in [2.24, 2.45) is 0 Å². The zero-order valence-electron chi connectivity index (χ0n) is 37.8. The predicted molar refractivity (Wildman–Crippen MR) is 290 cm³/mol. The Morgan fingerprint density at radius 3 is 1.26 bits per heavy atom. The van der Waals surface area contributed by atoms with Crippen LogP contribution >= 0.6 is 0 Å². The molecule has 322 valence electrons. The predicted octanol–water partition coefficient (Wildman–Crippen LogP) is 18.1. The van der Waals surface area contributed by atoms with Crippen LogP contribution in [-0.4, -0.2) is 0 Å². The van der Waals surface area contributed by atoms with Crippen molar-refractivity contribution in [3.63, 3.8) is 0 Å². The average Bonchev–Trinajstić information content (AvgIpc) is 3.88. The number of nitrogens with zero attached hydrogens (tertiary/aromatic N) is 2. The first-order chi connectivity index (χ1) is 34.2. The van der Waals surface area contributed by atoms with Gasteiger partial charge in [0.05, 0.1) is 11.1 Å². The Labute approximate surface area is 402 Å². The topological polar surface area (TPSA) is 6.48 Å². The molecule has 0 amide bonds. The summed E-state index contributed by atoms with van der Waals surface area (Å²) >= 11 is 0. The molecule has 2 aliphatic rings. The maximum Gasteiger partial charge on any atom is 0.0727 e. The van der Waals surface area contributed by atoms with Crippen molar-refractivity contribution in [1.29, 1.82) is 0 Å². The maximum atomic E-state index is 2.51. The van der Waals surface area contributed by atoms with Gasteiger partial charge < -0.3 is 9.80 Å². The molecule has 0 fully saturated rings. The first kappa shape index (κ1) is 39.2. The quantitative estimate of drug-likeness (QED) is 0.157. The minimum atomic E-state index is -0.601. The van der Waals surface area contributed by atoms with Gasteiger partial charge in [-0.15, -0.1) is 0 Å². The van der Waals surface area contributed by atoms with Gasteiger partial charge in [-0.05, 0) is 149 Å². The van der Waals surface area contributed by atoms with Crippen LogP contribution in [0, 0.1) is 0 Å². The SMILES string of the molecule is c1ccc(-c2c(N(c3ccccc3)c3ccc4c(c3)C3(c5ccccc5-c5ccc(N(c6ccc7ccccc7c6)c6ccc7ccccc7c6)cc53)c3ccccc3-4)ccc3ccccc23)cc1. The van der Waals surface area contributed by atoms with E-state index in [1.807, 2.05) is 0 Å². The summed E-state index contributed by atoms with van der Waals surface area (Å²) in [7, 11) is 0. The lowest BCUT2D eigenvalue weighted by Crippen LogP contribution is -2.26. The Hall–Kier alpha value is -8.98. The van der Waals surface area contributed by atoms with Crippen molar-refractivity contribution in [2.75, 3.05) is 9.80 Å². The second kappa shape index (κ2) is 15.6. The summed E-state index contributed by atoms with van der Waals surface area (Å²) in [6, 6.07) is 98.9. The van der Waals surface area contributed by atoms with Crippen molar-refractivity contribution in [1.82, 2.24) is 0 Å². The summed E-state index contributed by atoms with van der Waals surface area (Å²) in [5.41, 5.74) is 18.8. The van der Waals surface area contributed by atoms with Crippen LogP contribution in [0.3, 0.4) is 0 Å². The van der Waals surface area contributed by atoms with Crippen LogP contribution in [0.2, 0.25) is 0 Å². The standard InChI is InChI=1S/C67H44N2/c1-3-20-48(21-4-1)66-56-26-12-11-19-47(56)33-40-65(66)69(51-24-5-2-6-25-51)55-37-39-60-58-28-14-16-30-62(58)67(64(60)44-55)61-29-15-13-27-57(61)59-38-36-54(43-63(59)67)68(52-34-31-45-17-7-9-22-49(45)41-52)53-35-32-46-18-8-10-23-50(46)42-53/h1-44H. The lowest BCUT2D eigenvalue weighted by molar-refractivity contribution is 0.793. The van der Waals surface area contributed by atoms with Crippen LogP contribution < -0.4 is 9.80 Å². The summed E-state index contributed by atoms with van der Waals surface area (Å²) in [4.78, 5) is 4.93. The number of anilines is 6. The van der Waals surface area contributed by atoms with Gasteiger partial charge in [0.25, 0.3) is 0 Å². The summed E-state index contributed by atoms with van der Waals surface area (Å²) in [6.45, 7) is 0. The van der Waals surface area contributed by atoms with Crippen LogP contribution in [0.5, 0.6) is 0 Å². The minimum absolute atomic E-state index is 0.601. The third kappa shape index (κ3) is 5.99. The van der Waals surface area contributed by atoms with E-state index in [2.05, 4.69) is 277 Å². The normalized spacial score (nSPS) is 14.1. The van der Waals surface area contributed by atoms with E-state index in [9.17, 15) is 0 Å². The van der Waals surface area contributed by atoms with Crippen LogP contribution in [0.4, 0.5) is 34.1 Å². The molecule has 1 atom stereocenters. The molecule has 14 rings (SSSR count). The highest BCUT2D eigenvalue weighted by Crippen LogP contribution is 2.64. The zero-order valence-corrected chi connectivity index (χ0v) is 37.8. The van der Waals surface area contributed by atoms with E-state index in [0.29, 0.717) is 0 Å². The van der Waals surface area contributed by atoms with Gasteiger partial charge in [0.2, 0.25) is 0 Å². The molecule has 1 spiro atoms. The monoisotopic (exact) mass is 876 g/mol. The van der Waals surface area contributed by atoms with Gasteiger partial charge in [0, 0.05) is 34.0 Å². The Kier molecular flexibility index (Phi) is 8.84. The molecule has 0 saturated carbocycles.